The van der Waals surface area contributed by atoms with Crippen LogP contribution in [0.25, 0.3) is 22.2 Å². The van der Waals surface area contributed by atoms with Gasteiger partial charge in [-0.15, -0.1) is 0 Å². The van der Waals surface area contributed by atoms with Gasteiger partial charge in [-0.05, 0) is 98.5 Å². The fraction of sp³-hybridized carbons (Fsp3) is 0.562. The van der Waals surface area contributed by atoms with Crippen LogP contribution in [-0.2, 0) is 0 Å². The Morgan fingerprint density at radius 3 is 2.12 bits per heavy atom. The molecule has 0 bridgehead atoms. The van der Waals surface area contributed by atoms with Gasteiger partial charge >= 0.3 is 6.18 Å². The number of H-pyrrole nitrogens is 1. The molecule has 1 N–H and O–H groups in total. The van der Waals surface area contributed by atoms with Crippen LogP contribution < -0.4 is 14.4 Å². The molecule has 0 amide bonds. The van der Waals surface area contributed by atoms with E-state index in [1.54, 1.807) is 14.2 Å². The molecule has 2 fully saturated rings. The van der Waals surface area contributed by atoms with Crippen LogP contribution in [0.3, 0.4) is 0 Å². The predicted octanol–water partition coefficient (Wildman–Crippen LogP) is 7.86. The minimum Gasteiger partial charge on any atom is -0.493 e. The predicted molar refractivity (Wildman–Crippen MR) is 156 cm³/mol. The van der Waals surface area contributed by atoms with Crippen molar-refractivity contribution in [3.63, 3.8) is 0 Å². The van der Waals surface area contributed by atoms with Crippen molar-refractivity contribution in [3.05, 3.63) is 42.0 Å². The van der Waals surface area contributed by atoms with Crippen molar-refractivity contribution in [2.75, 3.05) is 51.8 Å². The highest BCUT2D eigenvalue weighted by molar-refractivity contribution is 5.93. The summed E-state index contributed by atoms with van der Waals surface area (Å²) < 4.78 is 48.8. The molecule has 1 aromatic heterocycles. The van der Waals surface area contributed by atoms with Crippen LogP contribution in [0.1, 0.15) is 57.4 Å². The molecular weight excluding hydrogens is 515 g/mol. The molecule has 3 aromatic rings. The third-order valence-corrected chi connectivity index (χ3v) is 8.99. The van der Waals surface area contributed by atoms with E-state index >= 15 is 0 Å². The molecule has 2 aromatic carbocycles. The number of piperidine rings is 2. The normalized spacial score (nSPS) is 18.1. The molecule has 0 spiro atoms. The Hall–Kier alpha value is -2.87. The van der Waals surface area contributed by atoms with Gasteiger partial charge in [0.15, 0.2) is 11.5 Å². The molecule has 0 atom stereocenters. The minimum absolute atomic E-state index is 0.141. The largest absolute Gasteiger partial charge is 0.493 e. The Kier molecular flexibility index (Phi) is 8.55. The molecule has 8 heteroatoms. The van der Waals surface area contributed by atoms with Crippen molar-refractivity contribution in [1.29, 1.82) is 0 Å². The van der Waals surface area contributed by atoms with E-state index < -0.39 is 12.6 Å². The molecule has 2 saturated heterocycles. The highest BCUT2D eigenvalue weighted by Crippen LogP contribution is 2.41. The lowest BCUT2D eigenvalue weighted by Gasteiger charge is -2.41. The summed E-state index contributed by atoms with van der Waals surface area (Å²) in [7, 11) is 3.31. The van der Waals surface area contributed by atoms with Crippen LogP contribution in [0.4, 0.5) is 18.9 Å². The molecule has 3 heterocycles. The van der Waals surface area contributed by atoms with Crippen LogP contribution in [-0.4, -0.2) is 63.0 Å². The number of nitrogens with one attached hydrogen (secondary N) is 1. The number of fused-ring (bicyclic) bond motifs is 1. The first-order valence-corrected chi connectivity index (χ1v) is 14.6. The molecule has 0 unspecified atom stereocenters. The monoisotopic (exact) mass is 557 g/mol. The van der Waals surface area contributed by atoms with Crippen molar-refractivity contribution < 1.29 is 22.6 Å². The topological polar surface area (TPSA) is 40.7 Å². The lowest BCUT2D eigenvalue weighted by molar-refractivity contribution is -0.138. The second-order valence-corrected chi connectivity index (χ2v) is 11.7. The first kappa shape index (κ1) is 28.7. The number of anilines is 1. The summed E-state index contributed by atoms with van der Waals surface area (Å²) in [6.07, 6.45) is -0.425. The average molecular weight is 558 g/mol. The molecule has 2 aliphatic heterocycles. The zero-order valence-electron chi connectivity index (χ0n) is 24.1. The number of aromatic nitrogens is 1. The average Bonchev–Trinajstić information content (AvgIpc) is 3.35. The number of aromatic amines is 1. The molecule has 5 rings (SSSR count). The minimum atomic E-state index is -4.06. The van der Waals surface area contributed by atoms with Gasteiger partial charge in [0, 0.05) is 41.8 Å². The first-order chi connectivity index (χ1) is 19.2. The van der Waals surface area contributed by atoms with E-state index in [0.29, 0.717) is 29.3 Å². The maximum absolute atomic E-state index is 12.6. The number of rotatable bonds is 8. The molecule has 0 saturated carbocycles. The fourth-order valence-electron chi connectivity index (χ4n) is 6.78. The van der Waals surface area contributed by atoms with E-state index in [4.69, 9.17) is 9.47 Å². The van der Waals surface area contributed by atoms with Gasteiger partial charge < -0.3 is 24.3 Å². The van der Waals surface area contributed by atoms with Gasteiger partial charge in [-0.3, -0.25) is 0 Å². The van der Waals surface area contributed by atoms with Crippen LogP contribution >= 0.6 is 0 Å². The van der Waals surface area contributed by atoms with Gasteiger partial charge in [0.1, 0.15) is 0 Å². The number of halogens is 3. The van der Waals surface area contributed by atoms with Gasteiger partial charge in [-0.2, -0.15) is 13.2 Å². The van der Waals surface area contributed by atoms with Crippen molar-refractivity contribution in [1.82, 2.24) is 9.88 Å². The lowest BCUT2D eigenvalue weighted by Crippen LogP contribution is -2.41. The van der Waals surface area contributed by atoms with Gasteiger partial charge in [-0.1, -0.05) is 13.8 Å². The van der Waals surface area contributed by atoms with E-state index in [9.17, 15) is 13.2 Å². The van der Waals surface area contributed by atoms with E-state index in [0.717, 1.165) is 68.6 Å². The van der Waals surface area contributed by atoms with Gasteiger partial charge in [-0.25, -0.2) is 0 Å². The van der Waals surface area contributed by atoms with E-state index in [1.807, 2.05) is 17.0 Å². The number of hydrogen-bond donors (Lipinski definition) is 1. The summed E-state index contributed by atoms with van der Waals surface area (Å²) in [6.45, 7) is 8.25. The summed E-state index contributed by atoms with van der Waals surface area (Å²) in [5.74, 6) is 3.06. The van der Waals surface area contributed by atoms with Crippen LogP contribution in [0.5, 0.6) is 11.5 Å². The van der Waals surface area contributed by atoms with Gasteiger partial charge in [0.25, 0.3) is 0 Å². The number of nitrogens with zero attached hydrogens (tertiary/aromatic N) is 2. The van der Waals surface area contributed by atoms with E-state index in [2.05, 4.69) is 48.0 Å². The number of hydrogen-bond acceptors (Lipinski definition) is 4. The van der Waals surface area contributed by atoms with Gasteiger partial charge in [0.05, 0.1) is 26.3 Å². The molecule has 218 valence electrons. The SMILES string of the molecule is COc1ccc(-c2[nH]c3ccc(N4CCC(C5CCN(CCC(F)(F)F)CC5)CC4)cc3c2C(C)C)cc1OC. The summed E-state index contributed by atoms with van der Waals surface area (Å²) in [5, 5.41) is 1.26. The number of alkyl halides is 3. The highest BCUT2D eigenvalue weighted by Gasteiger charge is 2.32. The van der Waals surface area contributed by atoms with Crippen LogP contribution in [0, 0.1) is 11.8 Å². The number of benzene rings is 2. The fourth-order valence-corrected chi connectivity index (χ4v) is 6.78. The Morgan fingerprint density at radius 2 is 1.52 bits per heavy atom. The first-order valence-electron chi connectivity index (χ1n) is 14.6. The number of methoxy groups -OCH3 is 2. The zero-order chi connectivity index (χ0) is 28.4. The third-order valence-electron chi connectivity index (χ3n) is 8.99. The second-order valence-electron chi connectivity index (χ2n) is 11.7. The quantitative estimate of drug-likeness (QED) is 0.306. The van der Waals surface area contributed by atoms with Crippen LogP contribution in [0.15, 0.2) is 36.4 Å². The molecule has 40 heavy (non-hydrogen) atoms. The Morgan fingerprint density at radius 1 is 0.875 bits per heavy atom. The highest BCUT2D eigenvalue weighted by atomic mass is 19.4. The maximum atomic E-state index is 12.6. The lowest BCUT2D eigenvalue weighted by atomic mass is 9.78. The molecule has 0 aliphatic carbocycles. The second kappa shape index (κ2) is 11.9. The molecule has 0 radical (unpaired) electrons. The van der Waals surface area contributed by atoms with Crippen LogP contribution in [0.2, 0.25) is 0 Å². The van der Waals surface area contributed by atoms with Crippen molar-refractivity contribution in [2.24, 2.45) is 11.8 Å². The van der Waals surface area contributed by atoms with Crippen molar-refractivity contribution >= 4 is 16.6 Å². The smallest absolute Gasteiger partial charge is 0.390 e. The van der Waals surface area contributed by atoms with Gasteiger partial charge in [0.2, 0.25) is 0 Å². The molecule has 2 aliphatic rings. The maximum Gasteiger partial charge on any atom is 0.390 e. The standard InChI is InChI=1S/C32H42F3N3O2/c1-21(2)30-26-20-25(6-7-27(26)36-31(30)24-5-8-28(39-3)29(19-24)40-4)38-16-11-23(12-17-38)22-9-14-37(15-10-22)18-13-32(33,34)35/h5-8,19-23,36H,9-18H2,1-4H3. The summed E-state index contributed by atoms with van der Waals surface area (Å²) in [4.78, 5) is 8.17. The molecule has 5 nitrogen and oxygen atoms in total. The summed E-state index contributed by atoms with van der Waals surface area (Å²) in [5.41, 5.74) is 5.88. The number of likely N-dealkylation sites (tertiary alicyclic amines) is 1. The zero-order valence-corrected chi connectivity index (χ0v) is 24.1. The van der Waals surface area contributed by atoms with E-state index in [1.165, 1.54) is 16.6 Å². The molecular formula is C32H42F3N3O2. The Balaban J connectivity index is 1.27. The van der Waals surface area contributed by atoms with Crippen molar-refractivity contribution in [2.45, 2.75) is 58.0 Å². The Labute approximate surface area is 235 Å². The number of ether oxygens (including phenoxy) is 2. The van der Waals surface area contributed by atoms with E-state index in [-0.39, 0.29) is 6.54 Å². The Bertz CT molecular complexity index is 1290. The van der Waals surface area contributed by atoms with Crippen molar-refractivity contribution in [3.8, 4) is 22.8 Å². The summed E-state index contributed by atoms with van der Waals surface area (Å²) >= 11 is 0. The third kappa shape index (κ3) is 6.22. The summed E-state index contributed by atoms with van der Waals surface area (Å²) in [6, 6.07) is 12.8.